The van der Waals surface area contributed by atoms with Gasteiger partial charge in [0.1, 0.15) is 12.3 Å². The predicted molar refractivity (Wildman–Crippen MR) is 100 cm³/mol. The average molecular weight is 348 g/mol. The molecule has 5 heteroatoms. The van der Waals surface area contributed by atoms with Crippen LogP contribution in [0.3, 0.4) is 0 Å². The number of hydrogen-bond donors (Lipinski definition) is 1. The molecular formula is C21H20N2O3. The quantitative estimate of drug-likeness (QED) is 0.787. The van der Waals surface area contributed by atoms with Crippen molar-refractivity contribution in [3.05, 3.63) is 76.6 Å². The number of nitrogens with one attached hydrogen (secondary N) is 1. The lowest BCUT2D eigenvalue weighted by Gasteiger charge is -2.25. The van der Waals surface area contributed by atoms with E-state index in [4.69, 9.17) is 4.74 Å². The largest absolute Gasteiger partial charge is 0.493 e. The Balaban J connectivity index is 1.40. The first-order valence-electron chi connectivity index (χ1n) is 8.76. The molecule has 132 valence electrons. The number of hydrogen-bond acceptors (Lipinski definition) is 3. The van der Waals surface area contributed by atoms with E-state index in [0.717, 1.165) is 17.7 Å². The number of aromatic nitrogens is 1. The first-order valence-corrected chi connectivity index (χ1v) is 8.76. The molecule has 0 fully saturated rings. The number of nitrogens with zero attached hydrogens (tertiary/aromatic N) is 1. The summed E-state index contributed by atoms with van der Waals surface area (Å²) in [7, 11) is 0. The molecular weight excluding hydrogens is 328 g/mol. The van der Waals surface area contributed by atoms with Crippen molar-refractivity contribution >= 4 is 16.8 Å². The van der Waals surface area contributed by atoms with Gasteiger partial charge in [0.15, 0.2) is 5.43 Å². The fourth-order valence-corrected chi connectivity index (χ4v) is 3.39. The van der Waals surface area contributed by atoms with Crippen molar-refractivity contribution in [1.29, 1.82) is 0 Å². The molecule has 1 N–H and O–H groups in total. The van der Waals surface area contributed by atoms with Gasteiger partial charge in [-0.25, -0.2) is 0 Å². The van der Waals surface area contributed by atoms with Crippen LogP contribution in [0, 0.1) is 5.92 Å². The Bertz CT molecular complexity index is 1010. The Morgan fingerprint density at radius 2 is 1.92 bits per heavy atom. The van der Waals surface area contributed by atoms with Crippen LogP contribution >= 0.6 is 0 Å². The molecule has 3 aromatic rings. The van der Waals surface area contributed by atoms with Gasteiger partial charge in [0.2, 0.25) is 5.91 Å². The normalized spacial score (nSPS) is 15.9. The highest BCUT2D eigenvalue weighted by Crippen LogP contribution is 2.26. The number of amides is 1. The molecule has 0 saturated heterocycles. The summed E-state index contributed by atoms with van der Waals surface area (Å²) < 4.78 is 7.57. The molecule has 0 bridgehead atoms. The lowest BCUT2D eigenvalue weighted by molar-refractivity contribution is -0.121. The maximum Gasteiger partial charge on any atom is 0.239 e. The summed E-state index contributed by atoms with van der Waals surface area (Å²) in [4.78, 5) is 24.3. The highest BCUT2D eigenvalue weighted by Gasteiger charge is 2.20. The Morgan fingerprint density at radius 3 is 2.85 bits per heavy atom. The molecule has 0 radical (unpaired) electrons. The lowest BCUT2D eigenvalue weighted by Crippen LogP contribution is -2.36. The Morgan fingerprint density at radius 1 is 1.12 bits per heavy atom. The smallest absolute Gasteiger partial charge is 0.239 e. The van der Waals surface area contributed by atoms with Crippen LogP contribution in [0.4, 0.5) is 0 Å². The molecule has 2 heterocycles. The molecule has 1 atom stereocenters. The molecule has 1 aliphatic heterocycles. The van der Waals surface area contributed by atoms with Crippen LogP contribution in [0.25, 0.3) is 10.9 Å². The van der Waals surface area contributed by atoms with Gasteiger partial charge in [-0.3, -0.25) is 9.59 Å². The molecule has 1 aromatic heterocycles. The molecule has 5 nitrogen and oxygen atoms in total. The van der Waals surface area contributed by atoms with Gasteiger partial charge in [-0.2, -0.15) is 0 Å². The molecule has 0 saturated carbocycles. The van der Waals surface area contributed by atoms with Gasteiger partial charge in [0, 0.05) is 30.1 Å². The topological polar surface area (TPSA) is 60.3 Å². The minimum atomic E-state index is -0.0716. The number of carbonyl (C=O) groups is 1. The van der Waals surface area contributed by atoms with Gasteiger partial charge in [-0.05, 0) is 30.2 Å². The van der Waals surface area contributed by atoms with Gasteiger partial charge in [0.05, 0.1) is 12.1 Å². The third-order valence-electron chi connectivity index (χ3n) is 4.74. The minimum absolute atomic E-state index is 0.0322. The summed E-state index contributed by atoms with van der Waals surface area (Å²) in [5.74, 6) is 1.13. The van der Waals surface area contributed by atoms with Crippen LogP contribution in [0.5, 0.6) is 5.75 Å². The minimum Gasteiger partial charge on any atom is -0.493 e. The van der Waals surface area contributed by atoms with Crippen LogP contribution in [-0.4, -0.2) is 23.6 Å². The number of carbonyl (C=O) groups excluding carboxylic acids is 1. The van der Waals surface area contributed by atoms with Crippen LogP contribution < -0.4 is 15.5 Å². The summed E-state index contributed by atoms with van der Waals surface area (Å²) in [6.45, 7) is 1.37. The zero-order chi connectivity index (χ0) is 17.9. The third kappa shape index (κ3) is 3.33. The molecule has 0 spiro atoms. The van der Waals surface area contributed by atoms with Gasteiger partial charge in [-0.1, -0.05) is 30.3 Å². The second-order valence-corrected chi connectivity index (χ2v) is 6.62. The number of benzene rings is 2. The molecule has 1 amide bonds. The molecule has 0 unspecified atom stereocenters. The van der Waals surface area contributed by atoms with Crippen molar-refractivity contribution in [2.45, 2.75) is 13.0 Å². The third-order valence-corrected chi connectivity index (χ3v) is 4.74. The summed E-state index contributed by atoms with van der Waals surface area (Å²) in [6, 6.07) is 16.9. The van der Waals surface area contributed by atoms with Gasteiger partial charge < -0.3 is 14.6 Å². The maximum atomic E-state index is 12.4. The highest BCUT2D eigenvalue weighted by atomic mass is 16.5. The van der Waals surface area contributed by atoms with Crippen molar-refractivity contribution in [3.8, 4) is 5.75 Å². The molecule has 2 aromatic carbocycles. The number of ether oxygens (including phenoxy) is 1. The second-order valence-electron chi connectivity index (χ2n) is 6.62. The van der Waals surface area contributed by atoms with Crippen molar-refractivity contribution in [1.82, 2.24) is 9.88 Å². The second kappa shape index (κ2) is 7.04. The van der Waals surface area contributed by atoms with Crippen molar-refractivity contribution < 1.29 is 9.53 Å². The molecule has 26 heavy (non-hydrogen) atoms. The van der Waals surface area contributed by atoms with E-state index in [2.05, 4.69) is 11.4 Å². The Hall–Kier alpha value is -3.08. The van der Waals surface area contributed by atoms with Crippen LogP contribution in [0.1, 0.15) is 5.56 Å². The van der Waals surface area contributed by atoms with Crippen LogP contribution in [0.2, 0.25) is 0 Å². The first-order chi connectivity index (χ1) is 12.7. The van der Waals surface area contributed by atoms with E-state index in [0.29, 0.717) is 18.5 Å². The van der Waals surface area contributed by atoms with E-state index in [1.54, 1.807) is 16.8 Å². The Labute approximate surface area is 151 Å². The van der Waals surface area contributed by atoms with Gasteiger partial charge in [-0.15, -0.1) is 0 Å². The summed E-state index contributed by atoms with van der Waals surface area (Å²) in [5.41, 5.74) is 1.92. The first kappa shape index (κ1) is 16.4. The Kier molecular flexibility index (Phi) is 4.44. The summed E-state index contributed by atoms with van der Waals surface area (Å²) >= 11 is 0. The zero-order valence-electron chi connectivity index (χ0n) is 14.4. The number of rotatable bonds is 4. The molecule has 0 aliphatic carbocycles. The van der Waals surface area contributed by atoms with Gasteiger partial charge >= 0.3 is 0 Å². The standard InChI is InChI=1S/C21H20N2O3/c24-19-9-10-23(18-7-3-2-6-17(18)19)13-21(25)22-12-15-11-16-5-1-4-8-20(16)26-14-15/h1-10,15H,11-14H2,(H,22,25)/t15-/m0/s1. The zero-order valence-corrected chi connectivity index (χ0v) is 14.4. The van der Waals surface area contributed by atoms with Crippen molar-refractivity contribution in [3.63, 3.8) is 0 Å². The molecule has 4 rings (SSSR count). The van der Waals surface area contributed by atoms with E-state index >= 15 is 0 Å². The van der Waals surface area contributed by atoms with Crippen molar-refractivity contribution in [2.75, 3.05) is 13.2 Å². The highest BCUT2D eigenvalue weighted by molar-refractivity contribution is 5.82. The number of para-hydroxylation sites is 2. The SMILES string of the molecule is O=C(Cn1ccc(=O)c2ccccc21)NC[C@H]1COc2ccccc2C1. The van der Waals surface area contributed by atoms with Crippen LogP contribution in [-0.2, 0) is 17.8 Å². The average Bonchev–Trinajstić information content (AvgIpc) is 2.68. The van der Waals surface area contributed by atoms with Crippen molar-refractivity contribution in [2.24, 2.45) is 5.92 Å². The summed E-state index contributed by atoms with van der Waals surface area (Å²) in [5, 5.41) is 3.62. The van der Waals surface area contributed by atoms with E-state index in [1.165, 1.54) is 11.6 Å². The predicted octanol–water partition coefficient (Wildman–Crippen LogP) is 2.37. The lowest BCUT2D eigenvalue weighted by atomic mass is 9.97. The van der Waals surface area contributed by atoms with Crippen LogP contribution in [0.15, 0.2) is 65.6 Å². The number of fused-ring (bicyclic) bond motifs is 2. The van der Waals surface area contributed by atoms with E-state index in [9.17, 15) is 9.59 Å². The monoisotopic (exact) mass is 348 g/mol. The fraction of sp³-hybridized carbons (Fsp3) is 0.238. The van der Waals surface area contributed by atoms with E-state index in [-0.39, 0.29) is 23.8 Å². The molecule has 1 aliphatic rings. The maximum absolute atomic E-state index is 12.4. The van der Waals surface area contributed by atoms with E-state index in [1.807, 2.05) is 36.4 Å². The van der Waals surface area contributed by atoms with E-state index < -0.39 is 0 Å². The summed E-state index contributed by atoms with van der Waals surface area (Å²) in [6.07, 6.45) is 2.57. The van der Waals surface area contributed by atoms with Gasteiger partial charge in [0.25, 0.3) is 0 Å². The number of pyridine rings is 1. The fourth-order valence-electron chi connectivity index (χ4n) is 3.39.